The Morgan fingerprint density at radius 2 is 2.00 bits per heavy atom. The van der Waals surface area contributed by atoms with E-state index >= 15 is 0 Å². The molecule has 0 aliphatic heterocycles. The molecule has 0 fully saturated rings. The lowest BCUT2D eigenvalue weighted by Gasteiger charge is -2.10. The highest BCUT2D eigenvalue weighted by atomic mass is 19.1. The van der Waals surface area contributed by atoms with Gasteiger partial charge in [-0.2, -0.15) is 0 Å². The number of nitrogens with one attached hydrogen (secondary N) is 2. The number of carbonyl (C=O) groups is 1. The van der Waals surface area contributed by atoms with Crippen molar-refractivity contribution in [1.29, 1.82) is 0 Å². The Morgan fingerprint density at radius 1 is 1.26 bits per heavy atom. The number of nitrogens with zero attached hydrogens (tertiary/aromatic N) is 1. The van der Waals surface area contributed by atoms with Gasteiger partial charge in [0.05, 0.1) is 11.5 Å². The lowest BCUT2D eigenvalue weighted by atomic mass is 10.2. The Balaban J connectivity index is 1.91. The van der Waals surface area contributed by atoms with Crippen LogP contribution in [0, 0.1) is 22.9 Å². The molecule has 0 bridgehead atoms. The molecule has 0 spiro atoms. The van der Waals surface area contributed by atoms with Gasteiger partial charge in [0.1, 0.15) is 5.82 Å². The summed E-state index contributed by atoms with van der Waals surface area (Å²) in [4.78, 5) is 22.1. The third-order valence-corrected chi connectivity index (χ3v) is 3.31. The van der Waals surface area contributed by atoms with E-state index in [2.05, 4.69) is 10.6 Å². The lowest BCUT2D eigenvalue weighted by molar-refractivity contribution is -0.384. The van der Waals surface area contributed by atoms with Gasteiger partial charge < -0.3 is 10.6 Å². The van der Waals surface area contributed by atoms with Crippen molar-refractivity contribution in [2.24, 2.45) is 0 Å². The van der Waals surface area contributed by atoms with Gasteiger partial charge in [0, 0.05) is 29.9 Å². The Morgan fingerprint density at radius 3 is 2.70 bits per heavy atom. The van der Waals surface area contributed by atoms with E-state index in [1.165, 1.54) is 18.2 Å². The van der Waals surface area contributed by atoms with Gasteiger partial charge in [0.15, 0.2) is 0 Å². The van der Waals surface area contributed by atoms with Crippen LogP contribution in [0.3, 0.4) is 0 Å². The number of anilines is 1. The summed E-state index contributed by atoms with van der Waals surface area (Å²) in [7, 11) is 0. The molecule has 7 heteroatoms. The summed E-state index contributed by atoms with van der Waals surface area (Å²) in [6, 6.07) is 10.6. The van der Waals surface area contributed by atoms with Crippen molar-refractivity contribution >= 4 is 17.3 Å². The lowest BCUT2D eigenvalue weighted by Crippen LogP contribution is -2.29. The number of nitro benzene ring substituents is 1. The van der Waals surface area contributed by atoms with Crippen molar-refractivity contribution < 1.29 is 14.1 Å². The molecule has 0 heterocycles. The summed E-state index contributed by atoms with van der Waals surface area (Å²) in [5.74, 6) is -0.713. The SMILES string of the molecule is Cc1ccc([N+](=O)[O-])cc1NCC(=O)NCc1ccccc1F. The van der Waals surface area contributed by atoms with Crippen LogP contribution < -0.4 is 10.6 Å². The predicted molar refractivity (Wildman–Crippen MR) is 84.6 cm³/mol. The maximum Gasteiger partial charge on any atom is 0.271 e. The molecule has 120 valence electrons. The van der Waals surface area contributed by atoms with E-state index in [1.807, 2.05) is 0 Å². The molecule has 0 unspecified atom stereocenters. The zero-order chi connectivity index (χ0) is 16.8. The molecule has 2 aromatic rings. The van der Waals surface area contributed by atoms with Gasteiger partial charge in [-0.25, -0.2) is 4.39 Å². The summed E-state index contributed by atoms with van der Waals surface area (Å²) in [6.45, 7) is 1.81. The minimum absolute atomic E-state index is 0.0511. The van der Waals surface area contributed by atoms with Gasteiger partial charge in [-0.3, -0.25) is 14.9 Å². The van der Waals surface area contributed by atoms with Crippen molar-refractivity contribution in [3.8, 4) is 0 Å². The van der Waals surface area contributed by atoms with Crippen molar-refractivity contribution in [3.05, 3.63) is 69.5 Å². The first-order valence-corrected chi connectivity index (χ1v) is 6.96. The van der Waals surface area contributed by atoms with Gasteiger partial charge >= 0.3 is 0 Å². The third-order valence-electron chi connectivity index (χ3n) is 3.31. The summed E-state index contributed by atoms with van der Waals surface area (Å²) in [5, 5.41) is 16.2. The summed E-state index contributed by atoms with van der Waals surface area (Å²) >= 11 is 0. The Kier molecular flexibility index (Phi) is 5.24. The molecule has 2 N–H and O–H groups in total. The van der Waals surface area contributed by atoms with Gasteiger partial charge in [-0.15, -0.1) is 0 Å². The van der Waals surface area contributed by atoms with E-state index < -0.39 is 4.92 Å². The first-order valence-electron chi connectivity index (χ1n) is 6.96. The smallest absolute Gasteiger partial charge is 0.271 e. The maximum absolute atomic E-state index is 13.4. The molecular weight excluding hydrogens is 301 g/mol. The zero-order valence-electron chi connectivity index (χ0n) is 12.5. The summed E-state index contributed by atoms with van der Waals surface area (Å²) in [6.07, 6.45) is 0. The fourth-order valence-electron chi connectivity index (χ4n) is 1.99. The Hall–Kier alpha value is -2.96. The van der Waals surface area contributed by atoms with Crippen LogP contribution in [0.1, 0.15) is 11.1 Å². The van der Waals surface area contributed by atoms with Crippen LogP contribution in [0.2, 0.25) is 0 Å². The van der Waals surface area contributed by atoms with E-state index in [1.54, 1.807) is 31.2 Å². The molecule has 0 saturated carbocycles. The van der Waals surface area contributed by atoms with Crippen LogP contribution in [0.15, 0.2) is 42.5 Å². The van der Waals surface area contributed by atoms with E-state index in [0.717, 1.165) is 5.56 Å². The maximum atomic E-state index is 13.4. The molecular formula is C16H16FN3O3. The van der Waals surface area contributed by atoms with Crippen molar-refractivity contribution in [2.75, 3.05) is 11.9 Å². The third kappa shape index (κ3) is 4.50. The number of amides is 1. The minimum atomic E-state index is -0.497. The first kappa shape index (κ1) is 16.4. The number of benzene rings is 2. The van der Waals surface area contributed by atoms with E-state index in [0.29, 0.717) is 11.3 Å². The molecule has 0 aliphatic carbocycles. The Bertz CT molecular complexity index is 734. The van der Waals surface area contributed by atoms with Crippen molar-refractivity contribution in [2.45, 2.75) is 13.5 Å². The van der Waals surface area contributed by atoms with Crippen LogP contribution >= 0.6 is 0 Å². The second-order valence-corrected chi connectivity index (χ2v) is 4.98. The normalized spacial score (nSPS) is 10.2. The molecule has 2 rings (SSSR count). The van der Waals surface area contributed by atoms with Crippen LogP contribution in [0.25, 0.3) is 0 Å². The van der Waals surface area contributed by atoms with Crippen LogP contribution in [-0.4, -0.2) is 17.4 Å². The number of non-ortho nitro benzene ring substituents is 1. The number of aryl methyl sites for hydroxylation is 1. The standard InChI is InChI=1S/C16H16FN3O3/c1-11-6-7-13(20(22)23)8-15(11)18-10-16(21)19-9-12-4-2-3-5-14(12)17/h2-8,18H,9-10H2,1H3,(H,19,21). The number of hydrogen-bond acceptors (Lipinski definition) is 4. The number of rotatable bonds is 6. The van der Waals surface area contributed by atoms with Gasteiger partial charge in [0.25, 0.3) is 5.69 Å². The quantitative estimate of drug-likeness (QED) is 0.634. The zero-order valence-corrected chi connectivity index (χ0v) is 12.5. The molecule has 6 nitrogen and oxygen atoms in total. The molecule has 23 heavy (non-hydrogen) atoms. The highest BCUT2D eigenvalue weighted by molar-refractivity contribution is 5.81. The molecule has 0 aromatic heterocycles. The molecule has 1 amide bonds. The summed E-state index contributed by atoms with van der Waals surface area (Å²) < 4.78 is 13.4. The average molecular weight is 317 g/mol. The number of nitro groups is 1. The van der Waals surface area contributed by atoms with Crippen LogP contribution in [-0.2, 0) is 11.3 Å². The highest BCUT2D eigenvalue weighted by Crippen LogP contribution is 2.21. The van der Waals surface area contributed by atoms with E-state index in [4.69, 9.17) is 0 Å². The van der Waals surface area contributed by atoms with Gasteiger partial charge in [0.2, 0.25) is 5.91 Å². The molecule has 0 aliphatic rings. The number of halogens is 1. The van der Waals surface area contributed by atoms with Crippen LogP contribution in [0.4, 0.5) is 15.8 Å². The largest absolute Gasteiger partial charge is 0.376 e. The monoisotopic (exact) mass is 317 g/mol. The second-order valence-electron chi connectivity index (χ2n) is 4.98. The average Bonchev–Trinajstić information content (AvgIpc) is 2.53. The fraction of sp³-hybridized carbons (Fsp3) is 0.188. The minimum Gasteiger partial charge on any atom is -0.376 e. The highest BCUT2D eigenvalue weighted by Gasteiger charge is 2.10. The van der Waals surface area contributed by atoms with Gasteiger partial charge in [-0.1, -0.05) is 24.3 Å². The van der Waals surface area contributed by atoms with Gasteiger partial charge in [-0.05, 0) is 18.6 Å². The summed E-state index contributed by atoms with van der Waals surface area (Å²) in [5.41, 5.74) is 1.65. The molecule has 2 aromatic carbocycles. The number of carbonyl (C=O) groups excluding carboxylic acids is 1. The second kappa shape index (κ2) is 7.35. The molecule has 0 radical (unpaired) electrons. The van der Waals surface area contributed by atoms with Crippen molar-refractivity contribution in [1.82, 2.24) is 5.32 Å². The molecule has 0 saturated heterocycles. The topological polar surface area (TPSA) is 84.3 Å². The van der Waals surface area contributed by atoms with E-state index in [-0.39, 0.29) is 30.5 Å². The first-order chi connectivity index (χ1) is 11.0. The van der Waals surface area contributed by atoms with Crippen molar-refractivity contribution in [3.63, 3.8) is 0 Å². The molecule has 0 atom stereocenters. The Labute approximate surface area is 132 Å². The van der Waals surface area contributed by atoms with Crippen LogP contribution in [0.5, 0.6) is 0 Å². The number of hydrogen-bond donors (Lipinski definition) is 2. The predicted octanol–water partition coefficient (Wildman–Crippen LogP) is 2.77. The van der Waals surface area contributed by atoms with E-state index in [9.17, 15) is 19.3 Å². The fourth-order valence-corrected chi connectivity index (χ4v) is 1.99.